The highest BCUT2D eigenvalue weighted by Gasteiger charge is 2.13. The summed E-state index contributed by atoms with van der Waals surface area (Å²) >= 11 is 5.74. The Morgan fingerprint density at radius 2 is 1.81 bits per heavy atom. The van der Waals surface area contributed by atoms with Crippen LogP contribution < -0.4 is 14.2 Å². The molecule has 4 nitrogen and oxygen atoms in total. The van der Waals surface area contributed by atoms with Crippen LogP contribution in [-0.4, -0.2) is 20.8 Å². The molecular weight excluding hydrogens is 230 g/mol. The highest BCUT2D eigenvalue weighted by atomic mass is 35.5. The summed E-state index contributed by atoms with van der Waals surface area (Å²) in [6, 6.07) is 5.39. The van der Waals surface area contributed by atoms with Gasteiger partial charge < -0.3 is 14.2 Å². The van der Waals surface area contributed by atoms with Gasteiger partial charge in [0.2, 0.25) is 5.75 Å². The van der Waals surface area contributed by atoms with Gasteiger partial charge in [-0.15, -0.1) is 11.6 Å². The molecule has 0 atom stereocenters. The molecular formula is C11H12ClNO3. The zero-order valence-electron chi connectivity index (χ0n) is 9.12. The van der Waals surface area contributed by atoms with Crippen LogP contribution in [0.1, 0.15) is 5.56 Å². The maximum atomic E-state index is 8.48. The highest BCUT2D eigenvalue weighted by Crippen LogP contribution is 2.38. The molecule has 0 aliphatic heterocycles. The van der Waals surface area contributed by atoms with Crippen LogP contribution in [0.4, 0.5) is 0 Å². The number of nitriles is 1. The van der Waals surface area contributed by atoms with E-state index in [9.17, 15) is 0 Å². The number of hydrogen-bond donors (Lipinski definition) is 0. The van der Waals surface area contributed by atoms with Gasteiger partial charge in [-0.2, -0.15) is 5.26 Å². The quantitative estimate of drug-likeness (QED) is 0.743. The van der Waals surface area contributed by atoms with Gasteiger partial charge in [0.25, 0.3) is 0 Å². The molecule has 0 spiro atoms. The molecule has 5 heteroatoms. The van der Waals surface area contributed by atoms with Crippen molar-refractivity contribution < 1.29 is 14.2 Å². The van der Waals surface area contributed by atoms with Crippen LogP contribution >= 0.6 is 11.6 Å². The van der Waals surface area contributed by atoms with Crippen molar-refractivity contribution in [1.82, 2.24) is 0 Å². The van der Waals surface area contributed by atoms with Gasteiger partial charge in [-0.05, 0) is 17.7 Å². The molecule has 0 heterocycles. The summed E-state index contributed by atoms with van der Waals surface area (Å²) in [7, 11) is 3.04. The third-order valence-electron chi connectivity index (χ3n) is 1.96. The monoisotopic (exact) mass is 241 g/mol. The van der Waals surface area contributed by atoms with Crippen LogP contribution in [0.5, 0.6) is 17.2 Å². The average molecular weight is 242 g/mol. The number of rotatable bonds is 5. The van der Waals surface area contributed by atoms with Crippen molar-refractivity contribution in [2.75, 3.05) is 20.8 Å². The molecule has 0 aliphatic rings. The van der Waals surface area contributed by atoms with Crippen LogP contribution in [0.25, 0.3) is 0 Å². The number of ether oxygens (including phenoxy) is 3. The Morgan fingerprint density at radius 1 is 1.25 bits per heavy atom. The lowest BCUT2D eigenvalue weighted by Crippen LogP contribution is -2.00. The van der Waals surface area contributed by atoms with Gasteiger partial charge in [0, 0.05) is 5.88 Å². The number of nitrogens with zero attached hydrogens (tertiary/aromatic N) is 1. The molecule has 86 valence electrons. The van der Waals surface area contributed by atoms with E-state index >= 15 is 0 Å². The Hall–Kier alpha value is -1.60. The van der Waals surface area contributed by atoms with Crippen LogP contribution in [0.3, 0.4) is 0 Å². The molecule has 0 unspecified atom stereocenters. The molecule has 1 rings (SSSR count). The summed E-state index contributed by atoms with van der Waals surface area (Å²) in [5, 5.41) is 8.48. The van der Waals surface area contributed by atoms with Gasteiger partial charge in [-0.25, -0.2) is 0 Å². The second-order valence-electron chi connectivity index (χ2n) is 2.91. The van der Waals surface area contributed by atoms with E-state index in [-0.39, 0.29) is 6.61 Å². The minimum atomic E-state index is -0.0626. The molecule has 0 fully saturated rings. The summed E-state index contributed by atoms with van der Waals surface area (Å²) in [6.45, 7) is -0.0626. The average Bonchev–Trinajstić information content (AvgIpc) is 2.35. The fourth-order valence-corrected chi connectivity index (χ4v) is 1.41. The zero-order valence-corrected chi connectivity index (χ0v) is 9.87. The van der Waals surface area contributed by atoms with Crippen molar-refractivity contribution in [3.63, 3.8) is 0 Å². The molecule has 0 aliphatic carbocycles. The van der Waals surface area contributed by atoms with Gasteiger partial charge in [0.05, 0.1) is 14.2 Å². The molecule has 0 radical (unpaired) electrons. The first-order valence-corrected chi connectivity index (χ1v) is 5.10. The molecule has 16 heavy (non-hydrogen) atoms. The van der Waals surface area contributed by atoms with E-state index in [0.717, 1.165) is 5.56 Å². The molecule has 1 aromatic carbocycles. The minimum absolute atomic E-state index is 0.0626. The minimum Gasteiger partial charge on any atom is -0.493 e. The first kappa shape index (κ1) is 12.5. The molecule has 0 bridgehead atoms. The predicted octanol–water partition coefficient (Wildman–Crippen LogP) is 2.34. The Morgan fingerprint density at radius 3 is 2.19 bits per heavy atom. The van der Waals surface area contributed by atoms with E-state index in [1.54, 1.807) is 12.1 Å². The standard InChI is InChI=1S/C11H12ClNO3/c1-14-9-5-8(7-12)6-10(15-2)11(9)16-4-3-13/h5-6H,4,7H2,1-2H3. The lowest BCUT2D eigenvalue weighted by molar-refractivity contribution is 0.303. The topological polar surface area (TPSA) is 51.5 Å². The summed E-state index contributed by atoms with van der Waals surface area (Å²) in [4.78, 5) is 0. The van der Waals surface area contributed by atoms with Gasteiger partial charge >= 0.3 is 0 Å². The Bertz CT molecular complexity index is 376. The molecule has 1 aromatic rings. The Balaban J connectivity index is 3.15. The largest absolute Gasteiger partial charge is 0.493 e. The fraction of sp³-hybridized carbons (Fsp3) is 0.364. The number of methoxy groups -OCH3 is 2. The summed E-state index contributed by atoms with van der Waals surface area (Å²) < 4.78 is 15.6. The van der Waals surface area contributed by atoms with Gasteiger partial charge in [-0.3, -0.25) is 0 Å². The van der Waals surface area contributed by atoms with Crippen LogP contribution in [0, 0.1) is 11.3 Å². The summed E-state index contributed by atoms with van der Waals surface area (Å²) in [6.07, 6.45) is 0. The lowest BCUT2D eigenvalue weighted by atomic mass is 10.2. The SMILES string of the molecule is COc1cc(CCl)cc(OC)c1OCC#N. The van der Waals surface area contributed by atoms with E-state index in [1.165, 1.54) is 14.2 Å². The molecule has 0 saturated carbocycles. The smallest absolute Gasteiger partial charge is 0.204 e. The van der Waals surface area contributed by atoms with E-state index in [4.69, 9.17) is 31.1 Å². The maximum absolute atomic E-state index is 8.48. The first-order valence-electron chi connectivity index (χ1n) is 4.57. The molecule has 0 saturated heterocycles. The molecule has 0 aromatic heterocycles. The normalized spacial score (nSPS) is 9.38. The van der Waals surface area contributed by atoms with Gasteiger partial charge in [0.1, 0.15) is 6.07 Å². The maximum Gasteiger partial charge on any atom is 0.204 e. The lowest BCUT2D eigenvalue weighted by Gasteiger charge is -2.13. The van der Waals surface area contributed by atoms with Gasteiger partial charge in [-0.1, -0.05) is 0 Å². The fourth-order valence-electron chi connectivity index (χ4n) is 1.26. The van der Waals surface area contributed by atoms with Crippen molar-refractivity contribution in [1.29, 1.82) is 5.26 Å². The first-order chi connectivity index (χ1) is 7.76. The zero-order chi connectivity index (χ0) is 12.0. The number of benzene rings is 1. The van der Waals surface area contributed by atoms with Crippen LogP contribution in [0.2, 0.25) is 0 Å². The van der Waals surface area contributed by atoms with Crippen molar-refractivity contribution in [2.45, 2.75) is 5.88 Å². The van der Waals surface area contributed by atoms with Crippen molar-refractivity contribution in [3.8, 4) is 23.3 Å². The van der Waals surface area contributed by atoms with E-state index in [1.807, 2.05) is 6.07 Å². The number of alkyl halides is 1. The third-order valence-corrected chi connectivity index (χ3v) is 2.26. The Kier molecular flexibility index (Phi) is 4.74. The predicted molar refractivity (Wildman–Crippen MR) is 60.2 cm³/mol. The van der Waals surface area contributed by atoms with Crippen molar-refractivity contribution in [2.24, 2.45) is 0 Å². The van der Waals surface area contributed by atoms with Gasteiger partial charge in [0.15, 0.2) is 18.1 Å². The van der Waals surface area contributed by atoms with E-state index < -0.39 is 0 Å². The van der Waals surface area contributed by atoms with Crippen molar-refractivity contribution >= 4 is 11.6 Å². The van der Waals surface area contributed by atoms with Crippen molar-refractivity contribution in [3.05, 3.63) is 17.7 Å². The van der Waals surface area contributed by atoms with E-state index in [2.05, 4.69) is 0 Å². The second kappa shape index (κ2) is 6.09. The number of halogens is 1. The molecule has 0 amide bonds. The summed E-state index contributed by atoms with van der Waals surface area (Å²) in [5.41, 5.74) is 0.861. The van der Waals surface area contributed by atoms with Crippen LogP contribution in [0.15, 0.2) is 12.1 Å². The summed E-state index contributed by atoms with van der Waals surface area (Å²) in [5.74, 6) is 1.78. The molecule has 0 N–H and O–H groups in total. The number of hydrogen-bond acceptors (Lipinski definition) is 4. The van der Waals surface area contributed by atoms with Crippen LogP contribution in [-0.2, 0) is 5.88 Å². The third kappa shape index (κ3) is 2.71. The Labute approximate surface area is 99.3 Å². The van der Waals surface area contributed by atoms with E-state index in [0.29, 0.717) is 23.1 Å². The highest BCUT2D eigenvalue weighted by molar-refractivity contribution is 6.17. The second-order valence-corrected chi connectivity index (χ2v) is 3.18.